The van der Waals surface area contributed by atoms with Crippen molar-refractivity contribution in [3.8, 4) is 17.2 Å². The van der Waals surface area contributed by atoms with Crippen molar-refractivity contribution >= 4 is 28.4 Å². The number of rotatable bonds is 5. The van der Waals surface area contributed by atoms with E-state index in [0.717, 1.165) is 33.5 Å². The molecule has 2 aromatic heterocycles. The van der Waals surface area contributed by atoms with Crippen molar-refractivity contribution in [2.75, 3.05) is 19.5 Å². The molecule has 0 spiro atoms. The molecule has 0 N–H and O–H groups in total. The molecule has 31 heavy (non-hydrogen) atoms. The Balaban J connectivity index is 1.61. The summed E-state index contributed by atoms with van der Waals surface area (Å²) >= 11 is 1.64. The summed E-state index contributed by atoms with van der Waals surface area (Å²) in [6, 6.07) is 21.1. The number of pyridine rings is 2. The summed E-state index contributed by atoms with van der Waals surface area (Å²) in [5, 5.41) is 1.50. The number of para-hydroxylation sites is 1. The van der Waals surface area contributed by atoms with Crippen LogP contribution in [0.1, 0.15) is 5.56 Å². The van der Waals surface area contributed by atoms with E-state index >= 15 is 0 Å². The highest BCUT2D eigenvalue weighted by molar-refractivity contribution is 7.99. The van der Waals surface area contributed by atoms with E-state index in [1.54, 1.807) is 31.1 Å². The number of fused-ring (bicyclic) bond motifs is 2. The molecule has 0 atom stereocenters. The van der Waals surface area contributed by atoms with Crippen molar-refractivity contribution < 1.29 is 9.47 Å². The summed E-state index contributed by atoms with van der Waals surface area (Å²) in [7, 11) is 1.63. The van der Waals surface area contributed by atoms with Crippen molar-refractivity contribution in [3.63, 3.8) is 0 Å². The fraction of sp³-hybridized carbons (Fsp3) is 0.120. The standard InChI is InChI=1S/C25H20N2O3S/c1-29-19-9-11-20(12-10-19)30-16-17-13-15-31-25-22(17)23(28)21-8-5-14-26-24(21)27(25)18-6-3-2-4-7-18/h2-14H,15-16H2,1H3. The number of methoxy groups -OCH3 is 1. The zero-order chi connectivity index (χ0) is 21.2. The molecule has 4 aromatic rings. The van der Waals surface area contributed by atoms with E-state index in [1.165, 1.54) is 0 Å². The monoisotopic (exact) mass is 428 g/mol. The second-order valence-corrected chi connectivity index (χ2v) is 8.07. The van der Waals surface area contributed by atoms with Gasteiger partial charge in [-0.25, -0.2) is 4.98 Å². The molecule has 0 bridgehead atoms. The highest BCUT2D eigenvalue weighted by Crippen LogP contribution is 2.35. The van der Waals surface area contributed by atoms with Crippen LogP contribution in [0.3, 0.4) is 0 Å². The van der Waals surface area contributed by atoms with E-state index in [-0.39, 0.29) is 5.43 Å². The molecule has 0 saturated carbocycles. The van der Waals surface area contributed by atoms with Gasteiger partial charge in [0.15, 0.2) is 5.43 Å². The van der Waals surface area contributed by atoms with Crippen molar-refractivity contribution in [1.82, 2.24) is 9.55 Å². The summed E-state index contributed by atoms with van der Waals surface area (Å²) < 4.78 is 13.3. The Kier molecular flexibility index (Phi) is 5.22. The first kappa shape index (κ1) is 19.5. The predicted molar refractivity (Wildman–Crippen MR) is 125 cm³/mol. The fourth-order valence-corrected chi connectivity index (χ4v) is 4.85. The molecule has 6 heteroatoms. The highest BCUT2D eigenvalue weighted by Gasteiger charge is 2.24. The van der Waals surface area contributed by atoms with Crippen LogP contribution in [-0.4, -0.2) is 29.0 Å². The van der Waals surface area contributed by atoms with Gasteiger partial charge in [0.05, 0.1) is 23.1 Å². The maximum Gasteiger partial charge on any atom is 0.199 e. The van der Waals surface area contributed by atoms with Crippen LogP contribution < -0.4 is 14.9 Å². The van der Waals surface area contributed by atoms with Crippen molar-refractivity contribution in [3.05, 3.63) is 94.8 Å². The van der Waals surface area contributed by atoms with Crippen molar-refractivity contribution in [1.29, 1.82) is 0 Å². The van der Waals surface area contributed by atoms with Crippen LogP contribution in [0.2, 0.25) is 0 Å². The molecule has 0 unspecified atom stereocenters. The lowest BCUT2D eigenvalue weighted by Gasteiger charge is -2.23. The maximum atomic E-state index is 13.5. The number of aromatic nitrogens is 2. The first-order chi connectivity index (χ1) is 15.3. The van der Waals surface area contributed by atoms with Crippen LogP contribution in [-0.2, 0) is 0 Å². The second kappa shape index (κ2) is 8.32. The number of benzene rings is 2. The van der Waals surface area contributed by atoms with E-state index < -0.39 is 0 Å². The molecule has 2 aromatic carbocycles. The van der Waals surface area contributed by atoms with Crippen molar-refractivity contribution in [2.45, 2.75) is 5.03 Å². The zero-order valence-corrected chi connectivity index (χ0v) is 17.8. The number of hydrogen-bond acceptors (Lipinski definition) is 5. The molecule has 3 heterocycles. The van der Waals surface area contributed by atoms with Gasteiger partial charge in [0.1, 0.15) is 23.8 Å². The Hall–Kier alpha value is -3.51. The van der Waals surface area contributed by atoms with Gasteiger partial charge in [0.2, 0.25) is 0 Å². The summed E-state index contributed by atoms with van der Waals surface area (Å²) in [5.41, 5.74) is 3.22. The predicted octanol–water partition coefficient (Wildman–Crippen LogP) is 4.96. The lowest BCUT2D eigenvalue weighted by Crippen LogP contribution is -2.21. The van der Waals surface area contributed by atoms with Crippen molar-refractivity contribution in [2.24, 2.45) is 0 Å². The normalized spacial score (nSPS) is 12.9. The molecule has 0 saturated heterocycles. The number of nitrogens with zero attached hydrogens (tertiary/aromatic N) is 2. The SMILES string of the molecule is COc1ccc(OCC2=CCSc3c2c(=O)c2cccnc2n3-c2ccccc2)cc1. The molecule has 5 nitrogen and oxygen atoms in total. The highest BCUT2D eigenvalue weighted by atomic mass is 32.2. The van der Waals surface area contributed by atoms with Crippen LogP contribution in [0.25, 0.3) is 22.3 Å². The van der Waals surface area contributed by atoms with Gasteiger partial charge in [-0.05, 0) is 54.1 Å². The molecule has 0 fully saturated rings. The van der Waals surface area contributed by atoms with Gasteiger partial charge >= 0.3 is 0 Å². The van der Waals surface area contributed by atoms with Gasteiger partial charge in [-0.3, -0.25) is 9.36 Å². The van der Waals surface area contributed by atoms with Gasteiger partial charge in [0, 0.05) is 17.6 Å². The van der Waals surface area contributed by atoms with Crippen LogP contribution in [0, 0.1) is 0 Å². The van der Waals surface area contributed by atoms with Gasteiger partial charge < -0.3 is 9.47 Å². The summed E-state index contributed by atoms with van der Waals surface area (Å²) in [5.74, 6) is 2.27. The minimum atomic E-state index is -0.0120. The van der Waals surface area contributed by atoms with Gasteiger partial charge in [-0.2, -0.15) is 0 Å². The van der Waals surface area contributed by atoms with Crippen LogP contribution >= 0.6 is 11.8 Å². The number of hydrogen-bond donors (Lipinski definition) is 0. The zero-order valence-electron chi connectivity index (χ0n) is 16.9. The average molecular weight is 429 g/mol. The molecule has 0 aliphatic carbocycles. The van der Waals surface area contributed by atoms with E-state index in [9.17, 15) is 4.79 Å². The summed E-state index contributed by atoms with van der Waals surface area (Å²) in [6.45, 7) is 0.315. The summed E-state index contributed by atoms with van der Waals surface area (Å²) in [6.07, 6.45) is 3.81. The fourth-order valence-electron chi connectivity index (χ4n) is 3.72. The minimum Gasteiger partial charge on any atom is -0.497 e. The first-order valence-corrected chi connectivity index (χ1v) is 10.9. The smallest absolute Gasteiger partial charge is 0.199 e. The number of ether oxygens (including phenoxy) is 2. The van der Waals surface area contributed by atoms with E-state index in [1.807, 2.05) is 60.7 Å². The molecular formula is C25H20N2O3S. The Morgan fingerprint density at radius 2 is 1.77 bits per heavy atom. The molecule has 1 aliphatic heterocycles. The van der Waals surface area contributed by atoms with Gasteiger partial charge in [-0.15, -0.1) is 11.8 Å². The lowest BCUT2D eigenvalue weighted by atomic mass is 10.0. The Labute approximate surface area is 184 Å². The van der Waals surface area contributed by atoms with E-state index in [0.29, 0.717) is 23.2 Å². The molecular weight excluding hydrogens is 408 g/mol. The quantitative estimate of drug-likeness (QED) is 0.450. The van der Waals surface area contributed by atoms with E-state index in [4.69, 9.17) is 9.47 Å². The maximum absolute atomic E-state index is 13.5. The van der Waals surface area contributed by atoms with Gasteiger partial charge in [-0.1, -0.05) is 24.3 Å². The lowest BCUT2D eigenvalue weighted by molar-refractivity contribution is 0.367. The minimum absolute atomic E-state index is 0.0120. The average Bonchev–Trinajstić information content (AvgIpc) is 2.84. The van der Waals surface area contributed by atoms with Crippen LogP contribution in [0.15, 0.2) is 88.8 Å². The third kappa shape index (κ3) is 3.59. The molecule has 5 rings (SSSR count). The third-order valence-electron chi connectivity index (χ3n) is 5.23. The molecule has 0 amide bonds. The first-order valence-electron chi connectivity index (χ1n) is 9.94. The molecule has 154 valence electrons. The third-order valence-corrected chi connectivity index (χ3v) is 6.22. The van der Waals surface area contributed by atoms with Crippen LogP contribution in [0.5, 0.6) is 11.5 Å². The molecule has 0 radical (unpaired) electrons. The molecule has 1 aliphatic rings. The van der Waals surface area contributed by atoms with E-state index in [2.05, 4.69) is 15.6 Å². The number of thioether (sulfide) groups is 1. The Morgan fingerprint density at radius 3 is 2.55 bits per heavy atom. The topological polar surface area (TPSA) is 53.4 Å². The Bertz CT molecular complexity index is 1330. The van der Waals surface area contributed by atoms with Crippen LogP contribution in [0.4, 0.5) is 0 Å². The van der Waals surface area contributed by atoms with Gasteiger partial charge in [0.25, 0.3) is 0 Å². The largest absolute Gasteiger partial charge is 0.497 e. The summed E-state index contributed by atoms with van der Waals surface area (Å²) in [4.78, 5) is 18.0. The Morgan fingerprint density at radius 1 is 1.00 bits per heavy atom. The second-order valence-electron chi connectivity index (χ2n) is 7.06.